The van der Waals surface area contributed by atoms with Gasteiger partial charge >= 0.3 is 0 Å². The number of anilines is 1. The van der Waals surface area contributed by atoms with E-state index in [1.165, 1.54) is 0 Å². The predicted octanol–water partition coefficient (Wildman–Crippen LogP) is 1.27. The molecular weight excluding hydrogens is 178 g/mol. The van der Waals surface area contributed by atoms with Crippen LogP contribution in [-0.4, -0.2) is 18.6 Å². The minimum Gasteiger partial charge on any atom is -0.384 e. The molecular formula is C11H11NO2. The minimum absolute atomic E-state index is 0.289. The summed E-state index contributed by atoms with van der Waals surface area (Å²) < 4.78 is 0. The molecule has 3 heteroatoms. The Morgan fingerprint density at radius 2 is 2.36 bits per heavy atom. The molecule has 1 N–H and O–H groups in total. The average molecular weight is 189 g/mol. The van der Waals surface area contributed by atoms with E-state index in [4.69, 9.17) is 0 Å². The van der Waals surface area contributed by atoms with Crippen LogP contribution in [0.2, 0.25) is 0 Å². The smallest absolute Gasteiger partial charge is 0.204 e. The first kappa shape index (κ1) is 8.94. The number of hydrogen-bond donors (Lipinski definition) is 1. The summed E-state index contributed by atoms with van der Waals surface area (Å²) in [7, 11) is 0. The van der Waals surface area contributed by atoms with E-state index in [1.807, 2.05) is 25.1 Å². The molecule has 0 saturated carbocycles. The Bertz CT molecular complexity index is 398. The second-order valence-corrected chi connectivity index (χ2v) is 3.54. The van der Waals surface area contributed by atoms with E-state index in [2.05, 4.69) is 5.32 Å². The molecule has 0 radical (unpaired) electrons. The van der Waals surface area contributed by atoms with E-state index >= 15 is 0 Å². The maximum absolute atomic E-state index is 11.3. The van der Waals surface area contributed by atoms with Gasteiger partial charge in [0.1, 0.15) is 0 Å². The van der Waals surface area contributed by atoms with Crippen LogP contribution in [-0.2, 0) is 9.59 Å². The van der Waals surface area contributed by atoms with Gasteiger partial charge in [-0.05, 0) is 18.6 Å². The number of ketones is 1. The van der Waals surface area contributed by atoms with Crippen molar-refractivity contribution in [1.82, 2.24) is 0 Å². The number of hydrogen-bond acceptors (Lipinski definition) is 3. The molecule has 1 aliphatic heterocycles. The Balaban J connectivity index is 2.42. The standard InChI is InChI=1S/C11H11NO2/c1-7-2-3-10-8(4-7)9(5-12-10)11(14)6-13/h2-4,6,9,12H,5H2,1H3. The third-order valence-corrected chi connectivity index (χ3v) is 2.54. The van der Waals surface area contributed by atoms with Crippen LogP contribution in [0, 0.1) is 6.92 Å². The van der Waals surface area contributed by atoms with Crippen molar-refractivity contribution in [3.63, 3.8) is 0 Å². The first-order chi connectivity index (χ1) is 6.72. The summed E-state index contributed by atoms with van der Waals surface area (Å²) >= 11 is 0. The van der Waals surface area contributed by atoms with Crippen molar-refractivity contribution >= 4 is 17.8 Å². The van der Waals surface area contributed by atoms with Crippen LogP contribution in [0.5, 0.6) is 0 Å². The second-order valence-electron chi connectivity index (χ2n) is 3.54. The van der Waals surface area contributed by atoms with Crippen LogP contribution in [0.1, 0.15) is 17.0 Å². The van der Waals surface area contributed by atoms with E-state index in [9.17, 15) is 9.59 Å². The van der Waals surface area contributed by atoms with Gasteiger partial charge in [0.25, 0.3) is 0 Å². The van der Waals surface area contributed by atoms with Gasteiger partial charge in [0.05, 0.1) is 5.92 Å². The van der Waals surface area contributed by atoms with E-state index < -0.39 is 0 Å². The molecule has 0 aliphatic carbocycles. The predicted molar refractivity (Wildman–Crippen MR) is 53.5 cm³/mol. The van der Waals surface area contributed by atoms with Gasteiger partial charge in [0.15, 0.2) is 6.29 Å². The third-order valence-electron chi connectivity index (χ3n) is 2.54. The summed E-state index contributed by atoms with van der Waals surface area (Å²) in [6.07, 6.45) is 0.407. The fraction of sp³-hybridized carbons (Fsp3) is 0.273. The monoisotopic (exact) mass is 189 g/mol. The van der Waals surface area contributed by atoms with Crippen molar-refractivity contribution in [1.29, 1.82) is 0 Å². The van der Waals surface area contributed by atoms with Crippen LogP contribution in [0.15, 0.2) is 18.2 Å². The van der Waals surface area contributed by atoms with Crippen LogP contribution < -0.4 is 5.32 Å². The molecule has 1 aromatic rings. The zero-order valence-corrected chi connectivity index (χ0v) is 7.91. The Kier molecular flexibility index (Phi) is 2.08. The van der Waals surface area contributed by atoms with Crippen molar-refractivity contribution in [3.05, 3.63) is 29.3 Å². The number of aryl methyl sites for hydroxylation is 1. The molecule has 1 aliphatic rings. The minimum atomic E-state index is -0.346. The lowest BCUT2D eigenvalue weighted by molar-refractivity contribution is -0.130. The maximum Gasteiger partial charge on any atom is 0.204 e. The van der Waals surface area contributed by atoms with E-state index in [0.717, 1.165) is 16.8 Å². The quantitative estimate of drug-likeness (QED) is 0.563. The van der Waals surface area contributed by atoms with Gasteiger partial charge in [-0.25, -0.2) is 0 Å². The highest BCUT2D eigenvalue weighted by Crippen LogP contribution is 2.32. The molecule has 0 saturated heterocycles. The van der Waals surface area contributed by atoms with Gasteiger partial charge in [-0.15, -0.1) is 0 Å². The van der Waals surface area contributed by atoms with E-state index in [-0.39, 0.29) is 11.7 Å². The van der Waals surface area contributed by atoms with Gasteiger partial charge in [-0.2, -0.15) is 0 Å². The SMILES string of the molecule is Cc1ccc2c(c1)C(C(=O)C=O)CN2. The Morgan fingerprint density at radius 3 is 3.07 bits per heavy atom. The molecule has 0 amide bonds. The highest BCUT2D eigenvalue weighted by atomic mass is 16.2. The number of benzene rings is 1. The number of nitrogens with one attached hydrogen (secondary N) is 1. The molecule has 1 atom stereocenters. The maximum atomic E-state index is 11.3. The van der Waals surface area contributed by atoms with Gasteiger partial charge < -0.3 is 5.32 Å². The molecule has 1 aromatic carbocycles. The fourth-order valence-corrected chi connectivity index (χ4v) is 1.79. The zero-order valence-electron chi connectivity index (χ0n) is 7.91. The lowest BCUT2D eigenvalue weighted by Gasteiger charge is -2.04. The summed E-state index contributed by atoms with van der Waals surface area (Å²) in [5.41, 5.74) is 3.02. The number of fused-ring (bicyclic) bond motifs is 1. The third kappa shape index (κ3) is 1.31. The van der Waals surface area contributed by atoms with Crippen molar-refractivity contribution in [2.75, 3.05) is 11.9 Å². The zero-order chi connectivity index (χ0) is 10.1. The highest BCUT2D eigenvalue weighted by molar-refractivity contribution is 6.28. The van der Waals surface area contributed by atoms with Gasteiger partial charge in [-0.3, -0.25) is 9.59 Å². The molecule has 2 rings (SSSR count). The molecule has 3 nitrogen and oxygen atoms in total. The lowest BCUT2D eigenvalue weighted by Crippen LogP contribution is -2.15. The molecule has 1 unspecified atom stereocenters. The molecule has 72 valence electrons. The molecule has 0 bridgehead atoms. The number of carbonyl (C=O) groups excluding carboxylic acids is 2. The van der Waals surface area contributed by atoms with Gasteiger partial charge in [0, 0.05) is 12.2 Å². The number of carbonyl (C=O) groups is 2. The fourth-order valence-electron chi connectivity index (χ4n) is 1.79. The summed E-state index contributed by atoms with van der Waals surface area (Å²) in [6.45, 7) is 2.51. The molecule has 0 aromatic heterocycles. The summed E-state index contributed by atoms with van der Waals surface area (Å²) in [6, 6.07) is 5.89. The molecule has 0 fully saturated rings. The number of rotatable bonds is 2. The Hall–Kier alpha value is -1.64. The van der Waals surface area contributed by atoms with E-state index in [1.54, 1.807) is 0 Å². The number of aldehydes is 1. The molecule has 14 heavy (non-hydrogen) atoms. The summed E-state index contributed by atoms with van der Waals surface area (Å²) in [5, 5.41) is 3.11. The first-order valence-electron chi connectivity index (χ1n) is 4.56. The van der Waals surface area contributed by atoms with Crippen molar-refractivity contribution in [2.24, 2.45) is 0 Å². The molecule has 1 heterocycles. The van der Waals surface area contributed by atoms with Crippen LogP contribution in [0.3, 0.4) is 0 Å². The van der Waals surface area contributed by atoms with E-state index in [0.29, 0.717) is 12.8 Å². The second kappa shape index (κ2) is 3.25. The average Bonchev–Trinajstić information content (AvgIpc) is 2.59. The lowest BCUT2D eigenvalue weighted by atomic mass is 9.96. The largest absolute Gasteiger partial charge is 0.384 e. The van der Waals surface area contributed by atoms with Crippen LogP contribution >= 0.6 is 0 Å². The molecule has 0 spiro atoms. The van der Waals surface area contributed by atoms with Gasteiger partial charge in [0.2, 0.25) is 5.78 Å². The van der Waals surface area contributed by atoms with Crippen LogP contribution in [0.4, 0.5) is 5.69 Å². The van der Waals surface area contributed by atoms with Gasteiger partial charge in [-0.1, -0.05) is 17.7 Å². The summed E-state index contributed by atoms with van der Waals surface area (Å²) in [5.74, 6) is -0.635. The topological polar surface area (TPSA) is 46.2 Å². The van der Waals surface area contributed by atoms with Crippen molar-refractivity contribution in [2.45, 2.75) is 12.8 Å². The van der Waals surface area contributed by atoms with Crippen molar-refractivity contribution in [3.8, 4) is 0 Å². The number of Topliss-reactive ketones (excluding diaryl/α,β-unsaturated/α-hetero) is 1. The van der Waals surface area contributed by atoms with Crippen LogP contribution in [0.25, 0.3) is 0 Å². The Labute approximate surface area is 82.1 Å². The van der Waals surface area contributed by atoms with Crippen molar-refractivity contribution < 1.29 is 9.59 Å². The highest BCUT2D eigenvalue weighted by Gasteiger charge is 2.27. The Morgan fingerprint density at radius 1 is 1.57 bits per heavy atom. The normalized spacial score (nSPS) is 18.5. The summed E-state index contributed by atoms with van der Waals surface area (Å²) in [4.78, 5) is 21.7. The first-order valence-corrected chi connectivity index (χ1v) is 4.56.